The van der Waals surface area contributed by atoms with Gasteiger partial charge >= 0.3 is 0 Å². The molecule has 0 unspecified atom stereocenters. The van der Waals surface area contributed by atoms with Crippen LogP contribution in [0.25, 0.3) is 11.1 Å². The van der Waals surface area contributed by atoms with Crippen molar-refractivity contribution in [1.82, 2.24) is 0 Å². The molecule has 2 amide bonds. The summed E-state index contributed by atoms with van der Waals surface area (Å²) in [5.41, 5.74) is 5.64. The van der Waals surface area contributed by atoms with E-state index in [1.54, 1.807) is 36.2 Å². The van der Waals surface area contributed by atoms with Gasteiger partial charge in [0.15, 0.2) is 0 Å². The van der Waals surface area contributed by atoms with Crippen LogP contribution < -0.4 is 10.2 Å². The zero-order valence-electron chi connectivity index (χ0n) is 18.1. The van der Waals surface area contributed by atoms with Crippen molar-refractivity contribution in [3.8, 4) is 11.1 Å². The van der Waals surface area contributed by atoms with E-state index in [9.17, 15) is 9.59 Å². The van der Waals surface area contributed by atoms with Crippen LogP contribution in [0.15, 0.2) is 103 Å². The van der Waals surface area contributed by atoms with Crippen molar-refractivity contribution >= 4 is 23.2 Å². The molecule has 4 aromatic rings. The Bertz CT molecular complexity index is 1230. The molecule has 158 valence electrons. The number of amides is 2. The minimum atomic E-state index is -0.193. The topological polar surface area (TPSA) is 49.4 Å². The number of anilines is 2. The Morgan fingerprint density at radius 3 is 2.03 bits per heavy atom. The maximum absolute atomic E-state index is 13.0. The highest BCUT2D eigenvalue weighted by atomic mass is 16.2. The lowest BCUT2D eigenvalue weighted by Crippen LogP contribution is -2.26. The number of hydrogen-bond donors (Lipinski definition) is 1. The Balaban J connectivity index is 1.50. The molecule has 0 saturated carbocycles. The molecule has 0 saturated heterocycles. The monoisotopic (exact) mass is 420 g/mol. The van der Waals surface area contributed by atoms with Gasteiger partial charge in [-0.25, -0.2) is 0 Å². The average molecular weight is 421 g/mol. The molecule has 0 heterocycles. The fraction of sp³-hybridized carbons (Fsp3) is 0.0714. The summed E-state index contributed by atoms with van der Waals surface area (Å²) in [6.07, 6.45) is 0. The molecule has 0 aromatic heterocycles. The summed E-state index contributed by atoms with van der Waals surface area (Å²) < 4.78 is 0. The molecule has 0 aliphatic heterocycles. The largest absolute Gasteiger partial charge is 0.322 e. The molecule has 4 heteroatoms. The number of nitrogens with zero attached hydrogens (tertiary/aromatic N) is 1. The van der Waals surface area contributed by atoms with Crippen LogP contribution in [0.5, 0.6) is 0 Å². The van der Waals surface area contributed by atoms with Crippen LogP contribution >= 0.6 is 0 Å². The van der Waals surface area contributed by atoms with E-state index in [1.165, 1.54) is 5.56 Å². The summed E-state index contributed by atoms with van der Waals surface area (Å²) in [5.74, 6) is -0.305. The molecule has 4 nitrogen and oxygen atoms in total. The molecular weight excluding hydrogens is 396 g/mol. The Morgan fingerprint density at radius 1 is 0.719 bits per heavy atom. The molecule has 0 bridgehead atoms. The number of rotatable bonds is 5. The molecule has 0 spiro atoms. The smallest absolute Gasteiger partial charge is 0.258 e. The summed E-state index contributed by atoms with van der Waals surface area (Å²) in [4.78, 5) is 27.4. The summed E-state index contributed by atoms with van der Waals surface area (Å²) in [6.45, 7) is 2.04. The highest BCUT2D eigenvalue weighted by molar-refractivity contribution is 6.09. The third-order valence-corrected chi connectivity index (χ3v) is 5.37. The standard InChI is InChI=1S/C28H24N2O2/c1-20-12-14-21(15-13-20)25-10-6-7-11-26(25)27(31)29-23-18-16-22(17-19-23)28(32)30(2)24-8-4-3-5-9-24/h3-19H,1-2H3,(H,29,31). The average Bonchev–Trinajstić information content (AvgIpc) is 2.84. The van der Waals surface area contributed by atoms with E-state index in [-0.39, 0.29) is 11.8 Å². The normalized spacial score (nSPS) is 10.4. The van der Waals surface area contributed by atoms with Crippen LogP contribution in [-0.4, -0.2) is 18.9 Å². The van der Waals surface area contributed by atoms with Crippen molar-refractivity contribution in [3.05, 3.63) is 120 Å². The summed E-state index contributed by atoms with van der Waals surface area (Å²) in [7, 11) is 1.75. The van der Waals surface area contributed by atoms with Crippen LogP contribution in [0.2, 0.25) is 0 Å². The Labute approximate surface area is 188 Å². The number of aryl methyl sites for hydroxylation is 1. The van der Waals surface area contributed by atoms with Crippen molar-refractivity contribution < 1.29 is 9.59 Å². The van der Waals surface area contributed by atoms with E-state index in [2.05, 4.69) is 5.32 Å². The fourth-order valence-electron chi connectivity index (χ4n) is 3.52. The lowest BCUT2D eigenvalue weighted by atomic mass is 9.98. The number of nitrogens with one attached hydrogen (secondary N) is 1. The van der Waals surface area contributed by atoms with Gasteiger partial charge in [-0.05, 0) is 60.5 Å². The van der Waals surface area contributed by atoms with Crippen LogP contribution in [0, 0.1) is 6.92 Å². The zero-order valence-corrected chi connectivity index (χ0v) is 18.1. The second kappa shape index (κ2) is 9.31. The molecule has 0 fully saturated rings. The van der Waals surface area contributed by atoms with E-state index in [4.69, 9.17) is 0 Å². The lowest BCUT2D eigenvalue weighted by molar-refractivity contribution is 0.0991. The first-order valence-corrected chi connectivity index (χ1v) is 10.4. The minimum Gasteiger partial charge on any atom is -0.322 e. The maximum Gasteiger partial charge on any atom is 0.258 e. The molecule has 4 rings (SSSR count). The van der Waals surface area contributed by atoms with E-state index < -0.39 is 0 Å². The van der Waals surface area contributed by atoms with Gasteiger partial charge in [-0.2, -0.15) is 0 Å². The summed E-state index contributed by atoms with van der Waals surface area (Å²) in [5, 5.41) is 2.94. The van der Waals surface area contributed by atoms with Crippen molar-refractivity contribution in [2.24, 2.45) is 0 Å². The SMILES string of the molecule is Cc1ccc(-c2ccccc2C(=O)Nc2ccc(C(=O)N(C)c3ccccc3)cc2)cc1. The highest BCUT2D eigenvalue weighted by Gasteiger charge is 2.15. The van der Waals surface area contributed by atoms with Gasteiger partial charge < -0.3 is 10.2 Å². The third-order valence-electron chi connectivity index (χ3n) is 5.37. The summed E-state index contributed by atoms with van der Waals surface area (Å²) in [6, 6.07) is 32.1. The molecule has 0 radical (unpaired) electrons. The van der Waals surface area contributed by atoms with Gasteiger partial charge in [-0.15, -0.1) is 0 Å². The molecule has 32 heavy (non-hydrogen) atoms. The van der Waals surface area contributed by atoms with E-state index >= 15 is 0 Å². The number of para-hydroxylation sites is 1. The van der Waals surface area contributed by atoms with Gasteiger partial charge in [-0.1, -0.05) is 66.2 Å². The van der Waals surface area contributed by atoms with E-state index in [0.717, 1.165) is 16.8 Å². The Morgan fingerprint density at radius 2 is 1.34 bits per heavy atom. The van der Waals surface area contributed by atoms with Crippen LogP contribution in [0.1, 0.15) is 26.3 Å². The predicted octanol–water partition coefficient (Wildman–Crippen LogP) is 6.19. The number of carbonyl (C=O) groups excluding carboxylic acids is 2. The molecule has 0 aliphatic carbocycles. The number of hydrogen-bond acceptors (Lipinski definition) is 2. The third kappa shape index (κ3) is 4.60. The first-order chi connectivity index (χ1) is 15.5. The van der Waals surface area contributed by atoms with Crippen molar-refractivity contribution in [3.63, 3.8) is 0 Å². The highest BCUT2D eigenvalue weighted by Crippen LogP contribution is 2.25. The molecular formula is C28H24N2O2. The van der Waals surface area contributed by atoms with Crippen molar-refractivity contribution in [1.29, 1.82) is 0 Å². The minimum absolute atomic E-state index is 0.112. The van der Waals surface area contributed by atoms with Crippen LogP contribution in [0.4, 0.5) is 11.4 Å². The maximum atomic E-state index is 13.0. The van der Waals surface area contributed by atoms with Gasteiger partial charge in [0.05, 0.1) is 0 Å². The van der Waals surface area contributed by atoms with Crippen LogP contribution in [0.3, 0.4) is 0 Å². The van der Waals surface area contributed by atoms with Gasteiger partial charge in [0, 0.05) is 29.5 Å². The number of carbonyl (C=O) groups is 2. The van der Waals surface area contributed by atoms with Crippen molar-refractivity contribution in [2.45, 2.75) is 6.92 Å². The molecule has 0 atom stereocenters. The predicted molar refractivity (Wildman–Crippen MR) is 130 cm³/mol. The lowest BCUT2D eigenvalue weighted by Gasteiger charge is -2.17. The van der Waals surface area contributed by atoms with Gasteiger partial charge in [0.2, 0.25) is 0 Å². The second-order valence-corrected chi connectivity index (χ2v) is 7.64. The van der Waals surface area contributed by atoms with Gasteiger partial charge in [0.25, 0.3) is 11.8 Å². The Kier molecular flexibility index (Phi) is 6.13. The van der Waals surface area contributed by atoms with E-state index in [1.807, 2.05) is 85.8 Å². The van der Waals surface area contributed by atoms with Gasteiger partial charge in [-0.3, -0.25) is 9.59 Å². The van der Waals surface area contributed by atoms with E-state index in [0.29, 0.717) is 16.8 Å². The molecule has 1 N–H and O–H groups in total. The second-order valence-electron chi connectivity index (χ2n) is 7.64. The van der Waals surface area contributed by atoms with Gasteiger partial charge in [0.1, 0.15) is 0 Å². The quantitative estimate of drug-likeness (QED) is 0.418. The van der Waals surface area contributed by atoms with Crippen LogP contribution in [-0.2, 0) is 0 Å². The first-order valence-electron chi connectivity index (χ1n) is 10.4. The fourth-order valence-corrected chi connectivity index (χ4v) is 3.52. The molecule has 4 aromatic carbocycles. The Hall–Kier alpha value is -4.18. The first kappa shape index (κ1) is 21.1. The zero-order chi connectivity index (χ0) is 22.5. The summed E-state index contributed by atoms with van der Waals surface area (Å²) >= 11 is 0. The molecule has 0 aliphatic rings. The van der Waals surface area contributed by atoms with Crippen molar-refractivity contribution in [2.75, 3.05) is 17.3 Å². The number of benzene rings is 4.